The maximum atomic E-state index is 11.0. The Balaban J connectivity index is 1.54. The Morgan fingerprint density at radius 2 is 1.71 bits per heavy atom. The van der Waals surface area contributed by atoms with E-state index in [-0.39, 0.29) is 11.6 Å². The van der Waals surface area contributed by atoms with Crippen LogP contribution in [0.3, 0.4) is 0 Å². The molecule has 3 heteroatoms. The molecule has 0 bridgehead atoms. The molecule has 0 amide bonds. The largest absolute Gasteiger partial charge is 0.458 e. The van der Waals surface area contributed by atoms with Crippen molar-refractivity contribution in [3.8, 4) is 0 Å². The van der Waals surface area contributed by atoms with E-state index in [1.54, 1.807) is 6.92 Å². The summed E-state index contributed by atoms with van der Waals surface area (Å²) in [5, 5.41) is 0. The van der Waals surface area contributed by atoms with Crippen molar-refractivity contribution in [3.05, 3.63) is 0 Å². The molecule has 0 spiro atoms. The van der Waals surface area contributed by atoms with Gasteiger partial charge in [-0.3, -0.25) is 4.79 Å². The molecule has 0 aliphatic heterocycles. The molecule has 74 valence electrons. The van der Waals surface area contributed by atoms with Gasteiger partial charge in [0.25, 0.3) is 0 Å². The third-order valence-electron chi connectivity index (χ3n) is 6.42. The van der Waals surface area contributed by atoms with Crippen LogP contribution < -0.4 is 5.73 Å². The van der Waals surface area contributed by atoms with E-state index in [4.69, 9.17) is 10.5 Å². The van der Waals surface area contributed by atoms with E-state index in [0.29, 0.717) is 5.41 Å². The van der Waals surface area contributed by atoms with Crippen molar-refractivity contribution in [1.29, 1.82) is 0 Å². The van der Waals surface area contributed by atoms with Crippen molar-refractivity contribution in [2.24, 2.45) is 46.7 Å². The standard InChI is InChI=1S/C11H13NO2/c1-3(13)14-11-7-4-8(11)6-9(11)5(7)10(4,6)2-12/h4-9H,2,12H2,1H3. The topological polar surface area (TPSA) is 52.3 Å². The monoisotopic (exact) mass is 191 g/mol. The molecular weight excluding hydrogens is 178 g/mol. The molecule has 0 aromatic heterocycles. The molecule has 0 aromatic rings. The molecule has 0 saturated heterocycles. The smallest absolute Gasteiger partial charge is 0.303 e. The van der Waals surface area contributed by atoms with Gasteiger partial charge < -0.3 is 10.5 Å². The first-order valence-corrected chi connectivity index (χ1v) is 5.61. The van der Waals surface area contributed by atoms with Gasteiger partial charge in [0.05, 0.1) is 0 Å². The molecule has 6 saturated carbocycles. The summed E-state index contributed by atoms with van der Waals surface area (Å²) < 4.78 is 5.56. The molecule has 6 aliphatic rings. The number of ether oxygens (including phenoxy) is 1. The van der Waals surface area contributed by atoms with E-state index in [1.165, 1.54) is 0 Å². The van der Waals surface area contributed by atoms with Gasteiger partial charge in [-0.15, -0.1) is 0 Å². The van der Waals surface area contributed by atoms with Gasteiger partial charge in [-0.2, -0.15) is 0 Å². The highest BCUT2D eigenvalue weighted by atomic mass is 16.6. The third-order valence-corrected chi connectivity index (χ3v) is 6.42. The Bertz CT molecular complexity index is 349. The van der Waals surface area contributed by atoms with Crippen LogP contribution in [0.5, 0.6) is 0 Å². The molecule has 0 heterocycles. The van der Waals surface area contributed by atoms with Gasteiger partial charge in [-0.1, -0.05) is 0 Å². The summed E-state index contributed by atoms with van der Waals surface area (Å²) in [4.78, 5) is 11.0. The predicted molar refractivity (Wildman–Crippen MR) is 46.9 cm³/mol. The highest BCUT2D eigenvalue weighted by Gasteiger charge is 3.11. The van der Waals surface area contributed by atoms with E-state index in [0.717, 1.165) is 42.1 Å². The fourth-order valence-corrected chi connectivity index (χ4v) is 6.51. The summed E-state index contributed by atoms with van der Waals surface area (Å²) in [5.74, 6) is 4.67. The third kappa shape index (κ3) is 0.273. The minimum Gasteiger partial charge on any atom is -0.458 e. The van der Waals surface area contributed by atoms with E-state index in [2.05, 4.69) is 0 Å². The van der Waals surface area contributed by atoms with E-state index in [9.17, 15) is 4.79 Å². The molecule has 2 N–H and O–H groups in total. The van der Waals surface area contributed by atoms with Crippen LogP contribution in [0.4, 0.5) is 0 Å². The van der Waals surface area contributed by atoms with Gasteiger partial charge in [0.2, 0.25) is 0 Å². The Labute approximate surface area is 82.0 Å². The molecule has 0 atom stereocenters. The minimum atomic E-state index is -0.0810. The highest BCUT2D eigenvalue weighted by Crippen LogP contribution is 3.07. The second-order valence-corrected chi connectivity index (χ2v) is 5.92. The molecule has 0 radical (unpaired) electrons. The molecular formula is C11H13NO2. The maximum Gasteiger partial charge on any atom is 0.303 e. The number of rotatable bonds is 2. The van der Waals surface area contributed by atoms with Crippen molar-refractivity contribution in [3.63, 3.8) is 0 Å². The summed E-state index contributed by atoms with van der Waals surface area (Å²) in [6, 6.07) is 0. The van der Waals surface area contributed by atoms with Crippen molar-refractivity contribution >= 4 is 5.97 Å². The van der Waals surface area contributed by atoms with Crippen molar-refractivity contribution in [2.45, 2.75) is 12.5 Å². The zero-order valence-electron chi connectivity index (χ0n) is 8.07. The fraction of sp³-hybridized carbons (Fsp3) is 0.909. The van der Waals surface area contributed by atoms with Crippen LogP contribution in [-0.2, 0) is 9.53 Å². The molecule has 6 rings (SSSR count). The first-order valence-electron chi connectivity index (χ1n) is 5.61. The van der Waals surface area contributed by atoms with E-state index < -0.39 is 0 Å². The Hall–Kier alpha value is -0.570. The van der Waals surface area contributed by atoms with Gasteiger partial charge >= 0.3 is 5.97 Å². The lowest BCUT2D eigenvalue weighted by molar-refractivity contribution is -0.656. The summed E-state index contributed by atoms with van der Waals surface area (Å²) >= 11 is 0. The van der Waals surface area contributed by atoms with Gasteiger partial charge in [0.1, 0.15) is 5.60 Å². The minimum absolute atomic E-state index is 0.0583. The molecule has 3 nitrogen and oxygen atoms in total. The summed E-state index contributed by atoms with van der Waals surface area (Å²) in [5.41, 5.74) is 6.48. The Kier molecular flexibility index (Phi) is 0.668. The van der Waals surface area contributed by atoms with Crippen LogP contribution in [0.2, 0.25) is 0 Å². The predicted octanol–water partition coefficient (Wildman–Crippen LogP) is -0.00140. The van der Waals surface area contributed by atoms with Crippen LogP contribution in [-0.4, -0.2) is 18.1 Å². The van der Waals surface area contributed by atoms with Crippen LogP contribution in [0.15, 0.2) is 0 Å². The zero-order valence-corrected chi connectivity index (χ0v) is 8.07. The average Bonchev–Trinajstić information content (AvgIpc) is 2.18. The van der Waals surface area contributed by atoms with Crippen molar-refractivity contribution in [2.75, 3.05) is 6.54 Å². The lowest BCUT2D eigenvalue weighted by Gasteiger charge is -3.09. The fourth-order valence-electron chi connectivity index (χ4n) is 6.51. The Morgan fingerprint density at radius 3 is 2.07 bits per heavy atom. The molecule has 6 aliphatic carbocycles. The second-order valence-electron chi connectivity index (χ2n) is 5.92. The quantitative estimate of drug-likeness (QED) is 0.625. The van der Waals surface area contributed by atoms with Gasteiger partial charge in [0, 0.05) is 24.7 Å². The SMILES string of the molecule is CC(=O)OC12C3C4C1C1C2C3C41CN. The maximum absolute atomic E-state index is 11.0. The number of hydrogen-bond donors (Lipinski definition) is 1. The Morgan fingerprint density at radius 1 is 1.21 bits per heavy atom. The highest BCUT2D eigenvalue weighted by molar-refractivity contribution is 5.70. The molecule has 14 heavy (non-hydrogen) atoms. The average molecular weight is 191 g/mol. The van der Waals surface area contributed by atoms with Crippen molar-refractivity contribution < 1.29 is 9.53 Å². The van der Waals surface area contributed by atoms with Crippen LogP contribution >= 0.6 is 0 Å². The van der Waals surface area contributed by atoms with Gasteiger partial charge in [0.15, 0.2) is 0 Å². The number of hydrogen-bond acceptors (Lipinski definition) is 3. The molecule has 0 aromatic carbocycles. The molecule has 0 unspecified atom stereocenters. The zero-order chi connectivity index (χ0) is 9.46. The number of nitrogens with two attached hydrogens (primary N) is 1. The lowest BCUT2D eigenvalue weighted by atomic mass is 8.95. The second kappa shape index (κ2) is 1.37. The van der Waals surface area contributed by atoms with Crippen molar-refractivity contribution in [1.82, 2.24) is 0 Å². The summed E-state index contributed by atoms with van der Waals surface area (Å²) in [6.07, 6.45) is 0. The number of esters is 1. The lowest BCUT2D eigenvalue weighted by Crippen LogP contribution is -3.13. The summed E-state index contributed by atoms with van der Waals surface area (Å²) in [6.45, 7) is 2.42. The molecule has 6 fully saturated rings. The van der Waals surface area contributed by atoms with Crippen LogP contribution in [0, 0.1) is 40.9 Å². The van der Waals surface area contributed by atoms with Gasteiger partial charge in [-0.05, 0) is 29.7 Å². The first-order chi connectivity index (χ1) is 6.71. The van der Waals surface area contributed by atoms with E-state index >= 15 is 0 Å². The van der Waals surface area contributed by atoms with Crippen LogP contribution in [0.1, 0.15) is 6.92 Å². The first kappa shape index (κ1) is 6.83. The van der Waals surface area contributed by atoms with Gasteiger partial charge in [-0.25, -0.2) is 0 Å². The van der Waals surface area contributed by atoms with E-state index in [1.807, 2.05) is 0 Å². The summed E-state index contributed by atoms with van der Waals surface area (Å²) in [7, 11) is 0. The number of carbonyl (C=O) groups excluding carboxylic acids is 1. The van der Waals surface area contributed by atoms with Crippen LogP contribution in [0.25, 0.3) is 0 Å². The normalized spacial score (nSPS) is 77.0. The number of carbonyl (C=O) groups is 1.